The van der Waals surface area contributed by atoms with E-state index in [1.165, 1.54) is 0 Å². The molecule has 0 saturated carbocycles. The van der Waals surface area contributed by atoms with E-state index in [1.54, 1.807) is 48.5 Å². The molecule has 0 saturated heterocycles. The van der Waals surface area contributed by atoms with Gasteiger partial charge in [-0.1, -0.05) is 51.8 Å². The van der Waals surface area contributed by atoms with E-state index in [0.29, 0.717) is 11.4 Å². The molecule has 156 valence electrons. The molecule has 0 bridgehead atoms. The maximum atomic E-state index is 13.4. The minimum absolute atomic E-state index is 0.132. The normalized spacial score (nSPS) is 11.2. The number of carbonyl (C=O) groups is 1. The van der Waals surface area contributed by atoms with Crippen LogP contribution in [0.25, 0.3) is 0 Å². The average molecular weight is 487 g/mol. The molecular formula is C23H23BrN2O3S. The maximum Gasteiger partial charge on any atom is 0.264 e. The van der Waals surface area contributed by atoms with Gasteiger partial charge in [0.05, 0.1) is 10.6 Å². The molecule has 7 heteroatoms. The van der Waals surface area contributed by atoms with Crippen LogP contribution < -0.4 is 9.62 Å². The van der Waals surface area contributed by atoms with Gasteiger partial charge in [0, 0.05) is 10.2 Å². The first kappa shape index (κ1) is 22.1. The molecule has 0 radical (unpaired) electrons. The number of sulfonamides is 1. The van der Waals surface area contributed by atoms with E-state index < -0.39 is 15.9 Å². The summed E-state index contributed by atoms with van der Waals surface area (Å²) >= 11 is 3.38. The van der Waals surface area contributed by atoms with Crippen LogP contribution in [0.1, 0.15) is 16.7 Å². The summed E-state index contributed by atoms with van der Waals surface area (Å²) in [7, 11) is -3.94. The summed E-state index contributed by atoms with van der Waals surface area (Å²) in [6.07, 6.45) is 0. The van der Waals surface area contributed by atoms with Gasteiger partial charge in [0.25, 0.3) is 10.0 Å². The van der Waals surface area contributed by atoms with E-state index in [1.807, 2.05) is 39.0 Å². The number of amides is 1. The Labute approximate surface area is 185 Å². The van der Waals surface area contributed by atoms with Gasteiger partial charge in [0.15, 0.2) is 0 Å². The lowest BCUT2D eigenvalue weighted by molar-refractivity contribution is -0.114. The van der Waals surface area contributed by atoms with Crippen molar-refractivity contribution in [3.05, 3.63) is 87.9 Å². The summed E-state index contributed by atoms with van der Waals surface area (Å²) in [5.74, 6) is -0.417. The molecule has 0 aliphatic heterocycles. The van der Waals surface area contributed by atoms with Crippen LogP contribution in [-0.2, 0) is 14.8 Å². The van der Waals surface area contributed by atoms with Crippen LogP contribution in [-0.4, -0.2) is 20.9 Å². The van der Waals surface area contributed by atoms with E-state index in [-0.39, 0.29) is 11.4 Å². The minimum atomic E-state index is -3.94. The van der Waals surface area contributed by atoms with Gasteiger partial charge in [-0.15, -0.1) is 0 Å². The molecule has 0 aliphatic carbocycles. The number of anilines is 2. The van der Waals surface area contributed by atoms with Crippen molar-refractivity contribution in [1.82, 2.24) is 0 Å². The van der Waals surface area contributed by atoms with Crippen LogP contribution in [0.5, 0.6) is 0 Å². The van der Waals surface area contributed by atoms with Crippen molar-refractivity contribution >= 4 is 43.2 Å². The minimum Gasteiger partial charge on any atom is -0.324 e. The third-order valence-corrected chi connectivity index (χ3v) is 6.94. The van der Waals surface area contributed by atoms with Crippen LogP contribution in [0, 0.1) is 20.8 Å². The molecule has 0 heterocycles. The van der Waals surface area contributed by atoms with Gasteiger partial charge in [-0.2, -0.15) is 0 Å². The number of hydrogen-bond donors (Lipinski definition) is 1. The van der Waals surface area contributed by atoms with E-state index in [9.17, 15) is 13.2 Å². The molecule has 0 spiro atoms. The maximum absolute atomic E-state index is 13.4. The predicted octanol–water partition coefficient (Wildman–Crippen LogP) is 5.21. The zero-order valence-corrected chi connectivity index (χ0v) is 19.4. The highest BCUT2D eigenvalue weighted by molar-refractivity contribution is 9.10. The number of rotatable bonds is 6. The second-order valence-electron chi connectivity index (χ2n) is 7.17. The molecule has 0 atom stereocenters. The fourth-order valence-corrected chi connectivity index (χ4v) is 4.77. The smallest absolute Gasteiger partial charge is 0.264 e. The summed E-state index contributed by atoms with van der Waals surface area (Å²) < 4.78 is 28.6. The molecule has 0 aromatic heterocycles. The molecule has 5 nitrogen and oxygen atoms in total. The van der Waals surface area contributed by atoms with Gasteiger partial charge in [-0.05, 0) is 68.3 Å². The second-order valence-corrected chi connectivity index (χ2v) is 9.95. The third-order valence-electron chi connectivity index (χ3n) is 4.66. The van der Waals surface area contributed by atoms with Crippen molar-refractivity contribution < 1.29 is 13.2 Å². The predicted molar refractivity (Wildman–Crippen MR) is 124 cm³/mol. The largest absolute Gasteiger partial charge is 0.324 e. The van der Waals surface area contributed by atoms with E-state index >= 15 is 0 Å². The van der Waals surface area contributed by atoms with Gasteiger partial charge in [-0.3, -0.25) is 9.10 Å². The standard InChI is InChI=1S/C23H23BrN2O3S/c1-16-8-11-21(12-9-16)30(28,29)26(20-6-4-5-19(24)14-20)15-23(27)25-22-13-17(2)7-10-18(22)3/h4-14H,15H2,1-3H3,(H,25,27). The first-order chi connectivity index (χ1) is 14.2. The van der Waals surface area contributed by atoms with Crippen LogP contribution in [0.2, 0.25) is 0 Å². The molecule has 0 fully saturated rings. The summed E-state index contributed by atoms with van der Waals surface area (Å²) in [6.45, 7) is 5.37. The van der Waals surface area contributed by atoms with Crippen molar-refractivity contribution in [1.29, 1.82) is 0 Å². The lowest BCUT2D eigenvalue weighted by Crippen LogP contribution is -2.38. The fraction of sp³-hybridized carbons (Fsp3) is 0.174. The van der Waals surface area contributed by atoms with E-state index in [4.69, 9.17) is 0 Å². The zero-order valence-electron chi connectivity index (χ0n) is 17.0. The number of halogens is 1. The Kier molecular flexibility index (Phi) is 6.63. The Hall–Kier alpha value is -2.64. The van der Waals surface area contributed by atoms with Crippen LogP contribution in [0.4, 0.5) is 11.4 Å². The number of carbonyl (C=O) groups excluding carboxylic acids is 1. The van der Waals surface area contributed by atoms with Gasteiger partial charge in [0.1, 0.15) is 6.54 Å². The molecule has 1 amide bonds. The van der Waals surface area contributed by atoms with Crippen molar-refractivity contribution in [2.45, 2.75) is 25.7 Å². The van der Waals surface area contributed by atoms with Crippen molar-refractivity contribution in [3.8, 4) is 0 Å². The number of nitrogens with one attached hydrogen (secondary N) is 1. The Balaban J connectivity index is 1.96. The van der Waals surface area contributed by atoms with Gasteiger partial charge >= 0.3 is 0 Å². The fourth-order valence-electron chi connectivity index (χ4n) is 2.97. The highest BCUT2D eigenvalue weighted by atomic mass is 79.9. The van der Waals surface area contributed by atoms with E-state index in [2.05, 4.69) is 21.2 Å². The lowest BCUT2D eigenvalue weighted by atomic mass is 10.1. The number of nitrogens with zero attached hydrogens (tertiary/aromatic N) is 1. The molecule has 1 N–H and O–H groups in total. The van der Waals surface area contributed by atoms with Gasteiger partial charge in [0.2, 0.25) is 5.91 Å². The Morgan fingerprint density at radius 1 is 0.933 bits per heavy atom. The number of benzene rings is 3. The number of aryl methyl sites for hydroxylation is 3. The van der Waals surface area contributed by atoms with Gasteiger partial charge < -0.3 is 5.32 Å². The average Bonchev–Trinajstić information content (AvgIpc) is 2.69. The lowest BCUT2D eigenvalue weighted by Gasteiger charge is -2.24. The SMILES string of the molecule is Cc1ccc(S(=O)(=O)N(CC(=O)Nc2cc(C)ccc2C)c2cccc(Br)c2)cc1. The second kappa shape index (κ2) is 9.02. The third kappa shape index (κ3) is 5.09. The van der Waals surface area contributed by atoms with Crippen molar-refractivity contribution in [2.75, 3.05) is 16.2 Å². The molecule has 3 aromatic rings. The molecule has 0 aliphatic rings. The summed E-state index contributed by atoms with van der Waals surface area (Å²) in [4.78, 5) is 13.0. The first-order valence-corrected chi connectivity index (χ1v) is 11.6. The van der Waals surface area contributed by atoms with Crippen LogP contribution in [0.15, 0.2) is 76.1 Å². The molecular weight excluding hydrogens is 464 g/mol. The number of hydrogen-bond acceptors (Lipinski definition) is 3. The van der Waals surface area contributed by atoms with Crippen molar-refractivity contribution in [2.24, 2.45) is 0 Å². The van der Waals surface area contributed by atoms with E-state index in [0.717, 1.165) is 25.5 Å². The monoisotopic (exact) mass is 486 g/mol. The topological polar surface area (TPSA) is 66.5 Å². The first-order valence-electron chi connectivity index (χ1n) is 9.39. The summed E-state index contributed by atoms with van der Waals surface area (Å²) in [5.41, 5.74) is 3.94. The van der Waals surface area contributed by atoms with Crippen LogP contribution >= 0.6 is 15.9 Å². The molecule has 30 heavy (non-hydrogen) atoms. The highest BCUT2D eigenvalue weighted by Crippen LogP contribution is 2.27. The summed E-state index contributed by atoms with van der Waals surface area (Å²) in [5, 5.41) is 2.84. The quantitative estimate of drug-likeness (QED) is 0.519. The Morgan fingerprint density at radius 3 is 2.27 bits per heavy atom. The Bertz CT molecular complexity index is 1180. The highest BCUT2D eigenvalue weighted by Gasteiger charge is 2.27. The van der Waals surface area contributed by atoms with Crippen LogP contribution in [0.3, 0.4) is 0 Å². The molecule has 0 unspecified atom stereocenters. The zero-order chi connectivity index (χ0) is 21.9. The van der Waals surface area contributed by atoms with Crippen molar-refractivity contribution in [3.63, 3.8) is 0 Å². The summed E-state index contributed by atoms with van der Waals surface area (Å²) in [6, 6.07) is 19.2. The molecule has 3 aromatic carbocycles. The van der Waals surface area contributed by atoms with Gasteiger partial charge in [-0.25, -0.2) is 8.42 Å². The Morgan fingerprint density at radius 2 is 1.60 bits per heavy atom. The molecule has 3 rings (SSSR count).